The highest BCUT2D eigenvalue weighted by atomic mass is 19.1. The van der Waals surface area contributed by atoms with Gasteiger partial charge in [-0.1, -0.05) is 5.16 Å². The standard InChI is InChI=1S/C21H25FN4O5/c1-12-23-20(31-25-12)21-8-15(7-14(21)9-26(11-21)18(27)10-29-2)24-19(28)13-4-5-17(30-3)16(22)6-13/h4-6,14-15H,7-11H2,1-3H3,(H,24,28)/t14-,15+,21-/m0/s1. The minimum absolute atomic E-state index is 0.00879. The summed E-state index contributed by atoms with van der Waals surface area (Å²) in [6, 6.07) is 3.94. The number of methoxy groups -OCH3 is 2. The van der Waals surface area contributed by atoms with E-state index in [1.54, 1.807) is 11.8 Å². The fourth-order valence-corrected chi connectivity index (χ4v) is 4.79. The van der Waals surface area contributed by atoms with Crippen molar-refractivity contribution in [1.29, 1.82) is 0 Å². The average molecular weight is 432 g/mol. The Morgan fingerprint density at radius 3 is 2.84 bits per heavy atom. The van der Waals surface area contributed by atoms with E-state index in [1.165, 1.54) is 26.4 Å². The predicted molar refractivity (Wildman–Crippen MR) is 106 cm³/mol. The second kappa shape index (κ2) is 8.26. The second-order valence-electron chi connectivity index (χ2n) is 8.17. The van der Waals surface area contributed by atoms with Crippen LogP contribution in [0.2, 0.25) is 0 Å². The van der Waals surface area contributed by atoms with Gasteiger partial charge in [0.05, 0.1) is 12.5 Å². The highest BCUT2D eigenvalue weighted by Crippen LogP contribution is 2.50. The zero-order valence-corrected chi connectivity index (χ0v) is 17.7. The lowest BCUT2D eigenvalue weighted by Crippen LogP contribution is -2.40. The number of amides is 2. The van der Waals surface area contributed by atoms with E-state index in [2.05, 4.69) is 15.5 Å². The van der Waals surface area contributed by atoms with Crippen molar-refractivity contribution in [3.8, 4) is 5.75 Å². The SMILES string of the molecule is COCC(=O)N1C[C@@H]2C[C@@H](NC(=O)c3ccc(OC)c(F)c3)C[C@]2(c2nc(C)no2)C1. The summed E-state index contributed by atoms with van der Waals surface area (Å²) in [5, 5.41) is 6.92. The number of hydrogen-bond donors (Lipinski definition) is 1. The number of carbonyl (C=O) groups is 2. The smallest absolute Gasteiger partial charge is 0.251 e. The number of aryl methyl sites for hydroxylation is 1. The van der Waals surface area contributed by atoms with Crippen LogP contribution in [0.5, 0.6) is 5.75 Å². The van der Waals surface area contributed by atoms with E-state index in [9.17, 15) is 14.0 Å². The van der Waals surface area contributed by atoms with Gasteiger partial charge in [0, 0.05) is 31.8 Å². The molecule has 1 aliphatic heterocycles. The Morgan fingerprint density at radius 2 is 2.19 bits per heavy atom. The average Bonchev–Trinajstić information content (AvgIpc) is 3.40. The van der Waals surface area contributed by atoms with E-state index in [4.69, 9.17) is 14.0 Å². The van der Waals surface area contributed by atoms with Crippen LogP contribution in [0.15, 0.2) is 22.7 Å². The van der Waals surface area contributed by atoms with Gasteiger partial charge in [0.25, 0.3) is 5.91 Å². The Balaban J connectivity index is 1.52. The number of fused-ring (bicyclic) bond motifs is 1. The molecule has 2 heterocycles. The maximum absolute atomic E-state index is 14.0. The lowest BCUT2D eigenvalue weighted by molar-refractivity contribution is -0.134. The number of aromatic nitrogens is 2. The van der Waals surface area contributed by atoms with Crippen molar-refractivity contribution in [2.45, 2.75) is 31.2 Å². The molecule has 10 heteroatoms. The summed E-state index contributed by atoms with van der Waals surface area (Å²) >= 11 is 0. The van der Waals surface area contributed by atoms with E-state index in [0.717, 1.165) is 6.07 Å². The van der Waals surface area contributed by atoms with Crippen LogP contribution in [-0.4, -0.2) is 66.8 Å². The van der Waals surface area contributed by atoms with Gasteiger partial charge in [-0.25, -0.2) is 4.39 Å². The highest BCUT2D eigenvalue weighted by Gasteiger charge is 2.58. The number of nitrogens with zero attached hydrogens (tertiary/aromatic N) is 3. The van der Waals surface area contributed by atoms with Gasteiger partial charge in [-0.15, -0.1) is 0 Å². The van der Waals surface area contributed by atoms with Crippen LogP contribution < -0.4 is 10.1 Å². The molecule has 1 N–H and O–H groups in total. The maximum atomic E-state index is 14.0. The van der Waals surface area contributed by atoms with Crippen LogP contribution >= 0.6 is 0 Å². The molecule has 2 fully saturated rings. The summed E-state index contributed by atoms with van der Waals surface area (Å²) in [6.45, 7) is 2.70. The van der Waals surface area contributed by atoms with E-state index in [0.29, 0.717) is 37.6 Å². The number of rotatable bonds is 6. The highest BCUT2D eigenvalue weighted by molar-refractivity contribution is 5.94. The molecule has 4 rings (SSSR count). The van der Waals surface area contributed by atoms with Crippen molar-refractivity contribution in [3.05, 3.63) is 41.3 Å². The van der Waals surface area contributed by atoms with E-state index in [1.807, 2.05) is 0 Å². The number of nitrogens with one attached hydrogen (secondary N) is 1. The minimum atomic E-state index is -0.594. The van der Waals surface area contributed by atoms with Gasteiger partial charge in [0.15, 0.2) is 17.4 Å². The minimum Gasteiger partial charge on any atom is -0.494 e. The Morgan fingerprint density at radius 1 is 1.39 bits per heavy atom. The van der Waals surface area contributed by atoms with Gasteiger partial charge in [-0.2, -0.15) is 4.98 Å². The normalized spacial score (nSPS) is 24.8. The zero-order chi connectivity index (χ0) is 22.2. The number of hydrogen-bond acceptors (Lipinski definition) is 7. The van der Waals surface area contributed by atoms with Gasteiger partial charge in [0.1, 0.15) is 6.61 Å². The molecule has 2 aliphatic rings. The summed E-state index contributed by atoms with van der Waals surface area (Å²) in [6.07, 6.45) is 1.18. The Labute approximate surface area is 178 Å². The molecule has 2 aromatic rings. The largest absolute Gasteiger partial charge is 0.494 e. The second-order valence-corrected chi connectivity index (χ2v) is 8.17. The first-order valence-corrected chi connectivity index (χ1v) is 10.1. The number of halogens is 1. The fourth-order valence-electron chi connectivity index (χ4n) is 4.79. The molecule has 0 spiro atoms. The monoisotopic (exact) mass is 432 g/mol. The first-order valence-electron chi connectivity index (χ1n) is 10.1. The van der Waals surface area contributed by atoms with Crippen LogP contribution in [0.1, 0.15) is 34.9 Å². The molecule has 9 nitrogen and oxygen atoms in total. The molecule has 166 valence electrons. The Hall–Kier alpha value is -3.01. The third kappa shape index (κ3) is 3.87. The van der Waals surface area contributed by atoms with Gasteiger partial charge in [-0.05, 0) is 43.9 Å². The van der Waals surface area contributed by atoms with E-state index < -0.39 is 11.2 Å². The number of likely N-dealkylation sites (tertiary alicyclic amines) is 1. The molecule has 1 saturated carbocycles. The molecule has 0 unspecified atom stereocenters. The molecule has 3 atom stereocenters. The fraction of sp³-hybridized carbons (Fsp3) is 0.524. The van der Waals surface area contributed by atoms with Crippen LogP contribution in [0.4, 0.5) is 4.39 Å². The molecule has 2 amide bonds. The lowest BCUT2D eigenvalue weighted by Gasteiger charge is -2.25. The third-order valence-corrected chi connectivity index (χ3v) is 6.20. The summed E-state index contributed by atoms with van der Waals surface area (Å²) in [5.74, 6) is 0.0755. The molecule has 1 aromatic carbocycles. The quantitative estimate of drug-likeness (QED) is 0.736. The summed E-state index contributed by atoms with van der Waals surface area (Å²) in [7, 11) is 2.86. The van der Waals surface area contributed by atoms with Crippen LogP contribution in [-0.2, 0) is 14.9 Å². The summed E-state index contributed by atoms with van der Waals surface area (Å²) in [4.78, 5) is 31.3. The first-order chi connectivity index (χ1) is 14.9. The number of ether oxygens (including phenoxy) is 2. The van der Waals surface area contributed by atoms with Crippen molar-refractivity contribution >= 4 is 11.8 Å². The van der Waals surface area contributed by atoms with Crippen molar-refractivity contribution in [1.82, 2.24) is 20.4 Å². The third-order valence-electron chi connectivity index (χ3n) is 6.20. The van der Waals surface area contributed by atoms with Crippen molar-refractivity contribution in [3.63, 3.8) is 0 Å². The molecule has 0 bridgehead atoms. The summed E-state index contributed by atoms with van der Waals surface area (Å²) < 4.78 is 29.4. The van der Waals surface area contributed by atoms with Crippen molar-refractivity contribution in [2.24, 2.45) is 5.92 Å². The van der Waals surface area contributed by atoms with Crippen molar-refractivity contribution in [2.75, 3.05) is 33.9 Å². The van der Waals surface area contributed by atoms with E-state index >= 15 is 0 Å². The number of carbonyl (C=O) groups excluding carboxylic acids is 2. The molecule has 1 aromatic heterocycles. The summed E-state index contributed by atoms with van der Waals surface area (Å²) in [5.41, 5.74) is -0.316. The van der Waals surface area contributed by atoms with Gasteiger partial charge < -0.3 is 24.2 Å². The maximum Gasteiger partial charge on any atom is 0.251 e. The van der Waals surface area contributed by atoms with Gasteiger partial charge >= 0.3 is 0 Å². The topological polar surface area (TPSA) is 107 Å². The molecule has 31 heavy (non-hydrogen) atoms. The van der Waals surface area contributed by atoms with Crippen LogP contribution in [0, 0.1) is 18.7 Å². The van der Waals surface area contributed by atoms with Crippen LogP contribution in [0.25, 0.3) is 0 Å². The van der Waals surface area contributed by atoms with Gasteiger partial charge in [0.2, 0.25) is 11.8 Å². The first kappa shape index (κ1) is 21.2. The van der Waals surface area contributed by atoms with E-state index in [-0.39, 0.29) is 41.7 Å². The lowest BCUT2D eigenvalue weighted by atomic mass is 9.80. The molecular weight excluding hydrogens is 407 g/mol. The Kier molecular flexibility index (Phi) is 5.65. The zero-order valence-electron chi connectivity index (χ0n) is 17.7. The predicted octanol–water partition coefficient (Wildman–Crippen LogP) is 1.46. The molecule has 1 aliphatic carbocycles. The number of benzene rings is 1. The van der Waals surface area contributed by atoms with Crippen LogP contribution in [0.3, 0.4) is 0 Å². The van der Waals surface area contributed by atoms with Gasteiger partial charge in [-0.3, -0.25) is 9.59 Å². The Bertz CT molecular complexity index is 996. The molecular formula is C21H25FN4O5. The molecule has 0 radical (unpaired) electrons. The molecule has 1 saturated heterocycles. The van der Waals surface area contributed by atoms with Crippen molar-refractivity contribution < 1.29 is 28.0 Å².